The average molecular weight is 438 g/mol. The van der Waals surface area contributed by atoms with Crippen LogP contribution in [0.15, 0.2) is 48.5 Å². The van der Waals surface area contributed by atoms with Crippen LogP contribution >= 0.6 is 11.8 Å². The average Bonchev–Trinajstić information content (AvgIpc) is 2.82. The minimum Gasteiger partial charge on any atom is -0.483 e. The summed E-state index contributed by atoms with van der Waals surface area (Å²) in [4.78, 5) is 15.1. The van der Waals surface area contributed by atoms with Crippen molar-refractivity contribution < 1.29 is 14.3 Å². The number of thioether (sulfide) groups is 1. The van der Waals surface area contributed by atoms with Crippen LogP contribution in [-0.2, 0) is 23.2 Å². The lowest BCUT2D eigenvalue weighted by Gasteiger charge is -2.58. The minimum absolute atomic E-state index is 0.156. The summed E-state index contributed by atoms with van der Waals surface area (Å²) >= 11 is 1.70. The van der Waals surface area contributed by atoms with Gasteiger partial charge in [0.25, 0.3) is 0 Å². The maximum atomic E-state index is 13.1. The van der Waals surface area contributed by atoms with Crippen LogP contribution in [0.2, 0.25) is 0 Å². The maximum absolute atomic E-state index is 13.1. The van der Waals surface area contributed by atoms with Crippen LogP contribution in [0.5, 0.6) is 5.75 Å². The van der Waals surface area contributed by atoms with Gasteiger partial charge in [0.1, 0.15) is 18.3 Å². The zero-order chi connectivity index (χ0) is 21.3. The standard InChI is InChI=1S/C26H31NO3S/c1-31-18-30-21-11-10-20-15-24-22-9-5-6-12-26(22,23(20)16-21)13-14-27(24)25(28)29-17-19-7-3-2-4-8-19/h2-4,7-8,10-11,16,22,24H,5-6,9,12-15,17-18H2,1H3/t22-,24+,26+/m1/s1. The Kier molecular flexibility index (Phi) is 5.87. The molecule has 1 heterocycles. The Morgan fingerprint density at radius 3 is 2.87 bits per heavy atom. The van der Waals surface area contributed by atoms with Gasteiger partial charge in [-0.2, -0.15) is 0 Å². The molecule has 0 N–H and O–H groups in total. The van der Waals surface area contributed by atoms with Gasteiger partial charge in [-0.05, 0) is 66.7 Å². The Morgan fingerprint density at radius 2 is 2.03 bits per heavy atom. The molecular weight excluding hydrogens is 406 g/mol. The van der Waals surface area contributed by atoms with Crippen LogP contribution in [0, 0.1) is 5.92 Å². The highest BCUT2D eigenvalue weighted by Crippen LogP contribution is 2.56. The van der Waals surface area contributed by atoms with Gasteiger partial charge in [-0.15, -0.1) is 11.8 Å². The van der Waals surface area contributed by atoms with E-state index in [1.807, 2.05) is 35.2 Å². The second-order valence-corrected chi connectivity index (χ2v) is 9.95. The molecule has 0 aromatic heterocycles. The summed E-state index contributed by atoms with van der Waals surface area (Å²) in [6.45, 7) is 1.12. The molecule has 0 spiro atoms. The van der Waals surface area contributed by atoms with E-state index in [2.05, 4.69) is 24.5 Å². The molecule has 5 heteroatoms. The molecule has 2 fully saturated rings. The van der Waals surface area contributed by atoms with Crippen molar-refractivity contribution in [1.82, 2.24) is 4.90 Å². The molecule has 0 radical (unpaired) electrons. The predicted molar refractivity (Wildman–Crippen MR) is 125 cm³/mol. The third-order valence-electron chi connectivity index (χ3n) is 7.59. The molecule has 1 aliphatic heterocycles. The summed E-state index contributed by atoms with van der Waals surface area (Å²) in [5, 5.41) is 0. The number of likely N-dealkylation sites (tertiary alicyclic amines) is 1. The largest absolute Gasteiger partial charge is 0.483 e. The SMILES string of the molecule is CSCOc1ccc2c(c1)[C@]13CCCC[C@@H]1[C@H](C2)N(C(=O)OCc1ccccc1)CC3. The van der Waals surface area contributed by atoms with Gasteiger partial charge < -0.3 is 14.4 Å². The van der Waals surface area contributed by atoms with Gasteiger partial charge in [0, 0.05) is 18.0 Å². The van der Waals surface area contributed by atoms with E-state index in [1.165, 1.54) is 36.8 Å². The molecule has 31 heavy (non-hydrogen) atoms. The fourth-order valence-electron chi connectivity index (χ4n) is 6.23. The van der Waals surface area contributed by atoms with Crippen LogP contribution in [0.25, 0.3) is 0 Å². The molecule has 1 saturated heterocycles. The van der Waals surface area contributed by atoms with Crippen molar-refractivity contribution in [2.24, 2.45) is 5.92 Å². The number of carbonyl (C=O) groups is 1. The normalized spacial score (nSPS) is 26.5. The first-order chi connectivity index (χ1) is 15.2. The smallest absolute Gasteiger partial charge is 0.410 e. The van der Waals surface area contributed by atoms with Gasteiger partial charge >= 0.3 is 6.09 Å². The highest BCUT2D eigenvalue weighted by atomic mass is 32.2. The number of piperidine rings is 1. The molecule has 4 nitrogen and oxygen atoms in total. The number of ether oxygens (including phenoxy) is 2. The topological polar surface area (TPSA) is 38.8 Å². The number of nitrogens with zero attached hydrogens (tertiary/aromatic N) is 1. The summed E-state index contributed by atoms with van der Waals surface area (Å²) < 4.78 is 11.7. The van der Waals surface area contributed by atoms with Crippen LogP contribution in [0.4, 0.5) is 4.79 Å². The second kappa shape index (κ2) is 8.78. The quantitative estimate of drug-likeness (QED) is 0.556. The number of rotatable bonds is 5. The van der Waals surface area contributed by atoms with E-state index in [-0.39, 0.29) is 17.6 Å². The van der Waals surface area contributed by atoms with Gasteiger partial charge in [0.2, 0.25) is 0 Å². The lowest BCUT2D eigenvalue weighted by molar-refractivity contribution is -0.0137. The van der Waals surface area contributed by atoms with E-state index < -0.39 is 0 Å². The minimum atomic E-state index is -0.156. The lowest BCUT2D eigenvalue weighted by Crippen LogP contribution is -2.62. The zero-order valence-electron chi connectivity index (χ0n) is 18.2. The second-order valence-electron chi connectivity index (χ2n) is 9.13. The predicted octanol–water partition coefficient (Wildman–Crippen LogP) is 5.78. The van der Waals surface area contributed by atoms with E-state index in [4.69, 9.17) is 9.47 Å². The van der Waals surface area contributed by atoms with Gasteiger partial charge in [-0.25, -0.2) is 4.79 Å². The highest BCUT2D eigenvalue weighted by molar-refractivity contribution is 7.98. The van der Waals surface area contributed by atoms with Crippen molar-refractivity contribution in [3.8, 4) is 5.75 Å². The van der Waals surface area contributed by atoms with Crippen molar-refractivity contribution in [2.45, 2.75) is 56.6 Å². The van der Waals surface area contributed by atoms with Crippen LogP contribution in [-0.4, -0.2) is 35.8 Å². The first kappa shape index (κ1) is 20.7. The molecule has 164 valence electrons. The van der Waals surface area contributed by atoms with E-state index in [0.717, 1.165) is 30.7 Å². The molecule has 0 unspecified atom stereocenters. The van der Waals surface area contributed by atoms with E-state index in [0.29, 0.717) is 18.5 Å². The number of benzene rings is 2. The lowest BCUT2D eigenvalue weighted by atomic mass is 9.52. The van der Waals surface area contributed by atoms with Crippen LogP contribution in [0.1, 0.15) is 48.8 Å². The molecule has 3 aliphatic rings. The number of hydrogen-bond donors (Lipinski definition) is 0. The van der Waals surface area contributed by atoms with E-state index >= 15 is 0 Å². The highest BCUT2D eigenvalue weighted by Gasteiger charge is 2.55. The Balaban J connectivity index is 1.40. The summed E-state index contributed by atoms with van der Waals surface area (Å²) in [5.41, 5.74) is 4.10. The van der Waals surface area contributed by atoms with Crippen molar-refractivity contribution in [3.63, 3.8) is 0 Å². The fraction of sp³-hybridized carbons (Fsp3) is 0.500. The Hall–Kier alpha value is -2.14. The zero-order valence-corrected chi connectivity index (χ0v) is 19.0. The van der Waals surface area contributed by atoms with Crippen molar-refractivity contribution in [3.05, 3.63) is 65.2 Å². The number of amides is 1. The van der Waals surface area contributed by atoms with E-state index in [9.17, 15) is 4.79 Å². The summed E-state index contributed by atoms with van der Waals surface area (Å²) in [6.07, 6.45) is 8.80. The summed E-state index contributed by atoms with van der Waals surface area (Å²) in [7, 11) is 0. The van der Waals surface area contributed by atoms with Gasteiger partial charge in [0.15, 0.2) is 0 Å². The first-order valence-corrected chi connectivity index (χ1v) is 12.8. The van der Waals surface area contributed by atoms with Crippen molar-refractivity contribution in [1.29, 1.82) is 0 Å². The Bertz CT molecular complexity index is 934. The Labute approximate surface area is 189 Å². The first-order valence-electron chi connectivity index (χ1n) is 11.4. The third-order valence-corrected chi connectivity index (χ3v) is 7.94. The Morgan fingerprint density at radius 1 is 1.16 bits per heavy atom. The molecule has 5 rings (SSSR count). The van der Waals surface area contributed by atoms with Crippen molar-refractivity contribution in [2.75, 3.05) is 18.7 Å². The molecule has 2 aromatic rings. The van der Waals surface area contributed by atoms with Gasteiger partial charge in [-0.3, -0.25) is 0 Å². The molecular formula is C26H31NO3S. The van der Waals surface area contributed by atoms with Crippen molar-refractivity contribution >= 4 is 17.9 Å². The molecule has 2 aliphatic carbocycles. The van der Waals surface area contributed by atoms with Gasteiger partial charge in [-0.1, -0.05) is 49.2 Å². The van der Waals surface area contributed by atoms with Gasteiger partial charge in [0.05, 0.1) is 0 Å². The summed E-state index contributed by atoms with van der Waals surface area (Å²) in [6, 6.07) is 16.8. The number of carbonyl (C=O) groups excluding carboxylic acids is 1. The molecule has 1 saturated carbocycles. The molecule has 2 bridgehead atoms. The number of fused-ring (bicyclic) bond motifs is 1. The van der Waals surface area contributed by atoms with Crippen LogP contribution < -0.4 is 4.74 Å². The number of hydrogen-bond acceptors (Lipinski definition) is 4. The molecule has 2 aromatic carbocycles. The molecule has 1 amide bonds. The fourth-order valence-corrected chi connectivity index (χ4v) is 6.48. The summed E-state index contributed by atoms with van der Waals surface area (Å²) in [5.74, 6) is 2.18. The van der Waals surface area contributed by atoms with Crippen LogP contribution in [0.3, 0.4) is 0 Å². The monoisotopic (exact) mass is 437 g/mol. The molecule has 3 atom stereocenters. The van der Waals surface area contributed by atoms with E-state index in [1.54, 1.807) is 11.8 Å². The third kappa shape index (κ3) is 3.82. The maximum Gasteiger partial charge on any atom is 0.410 e.